The molecule has 1 aliphatic rings. The van der Waals surface area contributed by atoms with E-state index in [-0.39, 0.29) is 6.61 Å². The molecule has 1 heterocycles. The van der Waals surface area contributed by atoms with Crippen LogP contribution in [0.25, 0.3) is 0 Å². The molecule has 0 bridgehead atoms. The van der Waals surface area contributed by atoms with E-state index in [4.69, 9.17) is 5.11 Å². The quantitative estimate of drug-likeness (QED) is 0.521. The molecule has 1 fully saturated rings. The van der Waals surface area contributed by atoms with E-state index in [1.165, 1.54) is 0 Å². The number of piperazine rings is 1. The van der Waals surface area contributed by atoms with Crippen molar-refractivity contribution < 1.29 is 10.2 Å². The topological polar surface area (TPSA) is 57.8 Å². The fourth-order valence-corrected chi connectivity index (χ4v) is 1.19. The standard InChI is InChI=1S/C7H15N2O2/c1-7(11,6-10)9-4-2-8-3-5-9/h10-11H,2-6H2,1H3. The van der Waals surface area contributed by atoms with Crippen molar-refractivity contribution in [2.24, 2.45) is 0 Å². The predicted molar refractivity (Wildman–Crippen MR) is 41.2 cm³/mol. The maximum Gasteiger partial charge on any atom is 0.139 e. The van der Waals surface area contributed by atoms with Crippen LogP contribution >= 0.6 is 0 Å². The Morgan fingerprint density at radius 2 is 2.00 bits per heavy atom. The molecule has 1 saturated heterocycles. The minimum absolute atomic E-state index is 0.215. The molecule has 0 saturated carbocycles. The first-order chi connectivity index (χ1) is 5.17. The number of aliphatic hydroxyl groups is 2. The van der Waals surface area contributed by atoms with Crippen molar-refractivity contribution in [3.63, 3.8) is 0 Å². The molecule has 0 aromatic rings. The zero-order valence-electron chi connectivity index (χ0n) is 6.82. The van der Waals surface area contributed by atoms with Gasteiger partial charge in [-0.3, -0.25) is 4.90 Å². The second-order valence-corrected chi connectivity index (χ2v) is 3.03. The van der Waals surface area contributed by atoms with Gasteiger partial charge >= 0.3 is 0 Å². The average molecular weight is 159 g/mol. The van der Waals surface area contributed by atoms with E-state index in [1.54, 1.807) is 6.92 Å². The third-order valence-electron chi connectivity index (χ3n) is 2.04. The molecule has 65 valence electrons. The van der Waals surface area contributed by atoms with Gasteiger partial charge in [0.25, 0.3) is 0 Å². The molecule has 1 aliphatic heterocycles. The Bertz CT molecular complexity index is 122. The van der Waals surface area contributed by atoms with Crippen LogP contribution in [-0.2, 0) is 0 Å². The van der Waals surface area contributed by atoms with Gasteiger partial charge in [0.1, 0.15) is 5.72 Å². The molecular formula is C7H15N2O2. The lowest BCUT2D eigenvalue weighted by molar-refractivity contribution is -0.128. The van der Waals surface area contributed by atoms with Crippen LogP contribution in [0.2, 0.25) is 0 Å². The number of rotatable bonds is 2. The van der Waals surface area contributed by atoms with Crippen LogP contribution in [0, 0.1) is 0 Å². The molecule has 1 radical (unpaired) electrons. The first kappa shape index (κ1) is 8.93. The van der Waals surface area contributed by atoms with Crippen LogP contribution in [0.15, 0.2) is 0 Å². The molecule has 0 aromatic heterocycles. The molecule has 1 atom stereocenters. The summed E-state index contributed by atoms with van der Waals surface area (Å²) < 4.78 is 0. The van der Waals surface area contributed by atoms with Gasteiger partial charge in [0.2, 0.25) is 0 Å². The number of hydrogen-bond donors (Lipinski definition) is 2. The van der Waals surface area contributed by atoms with E-state index in [2.05, 4.69) is 5.32 Å². The summed E-state index contributed by atoms with van der Waals surface area (Å²) in [6.07, 6.45) is 0. The molecule has 1 rings (SSSR count). The predicted octanol–water partition coefficient (Wildman–Crippen LogP) is -1.39. The van der Waals surface area contributed by atoms with E-state index in [1.807, 2.05) is 4.90 Å². The molecule has 4 nitrogen and oxygen atoms in total. The third-order valence-corrected chi connectivity index (χ3v) is 2.04. The molecule has 4 heteroatoms. The highest BCUT2D eigenvalue weighted by molar-refractivity contribution is 4.77. The maximum atomic E-state index is 9.58. The minimum Gasteiger partial charge on any atom is -0.392 e. The summed E-state index contributed by atoms with van der Waals surface area (Å²) in [5.41, 5.74) is -1.06. The van der Waals surface area contributed by atoms with Crippen molar-refractivity contribution in [1.29, 1.82) is 0 Å². The van der Waals surface area contributed by atoms with Gasteiger partial charge < -0.3 is 10.2 Å². The van der Waals surface area contributed by atoms with Gasteiger partial charge in [-0.05, 0) is 6.92 Å². The first-order valence-corrected chi connectivity index (χ1v) is 3.88. The zero-order valence-corrected chi connectivity index (χ0v) is 6.82. The molecule has 11 heavy (non-hydrogen) atoms. The Morgan fingerprint density at radius 1 is 1.45 bits per heavy atom. The highest BCUT2D eigenvalue weighted by Gasteiger charge is 2.28. The van der Waals surface area contributed by atoms with Crippen LogP contribution < -0.4 is 5.32 Å². The summed E-state index contributed by atoms with van der Waals surface area (Å²) in [4.78, 5) is 1.85. The number of hydrogen-bond acceptors (Lipinski definition) is 3. The van der Waals surface area contributed by atoms with Crippen LogP contribution in [0.3, 0.4) is 0 Å². The van der Waals surface area contributed by atoms with E-state index < -0.39 is 5.72 Å². The molecule has 1 unspecified atom stereocenters. The second kappa shape index (κ2) is 3.49. The van der Waals surface area contributed by atoms with Crippen molar-refractivity contribution in [2.75, 3.05) is 32.8 Å². The van der Waals surface area contributed by atoms with E-state index in [0.29, 0.717) is 0 Å². The summed E-state index contributed by atoms with van der Waals surface area (Å²) in [7, 11) is 0. The van der Waals surface area contributed by atoms with Crippen molar-refractivity contribution in [3.8, 4) is 0 Å². The largest absolute Gasteiger partial charge is 0.392 e. The van der Waals surface area contributed by atoms with E-state index >= 15 is 0 Å². The van der Waals surface area contributed by atoms with Crippen LogP contribution in [0.4, 0.5) is 0 Å². The molecular weight excluding hydrogens is 144 g/mol. The fraction of sp³-hybridized carbons (Fsp3) is 1.00. The number of nitrogens with zero attached hydrogens (tertiary/aromatic N) is 2. The SMILES string of the molecule is CC(O)(CO)N1CC[N]CC1. The molecule has 0 amide bonds. The Balaban J connectivity index is 2.43. The normalized spacial score (nSPS) is 26.5. The van der Waals surface area contributed by atoms with Gasteiger partial charge in [-0.25, -0.2) is 5.32 Å². The van der Waals surface area contributed by atoms with Gasteiger partial charge in [-0.2, -0.15) is 0 Å². The van der Waals surface area contributed by atoms with Crippen molar-refractivity contribution >= 4 is 0 Å². The summed E-state index contributed by atoms with van der Waals surface area (Å²) in [6, 6.07) is 0. The summed E-state index contributed by atoms with van der Waals surface area (Å²) in [5, 5.41) is 22.5. The van der Waals surface area contributed by atoms with E-state index in [0.717, 1.165) is 26.2 Å². The lowest BCUT2D eigenvalue weighted by Gasteiger charge is -2.37. The van der Waals surface area contributed by atoms with Gasteiger partial charge in [0.05, 0.1) is 6.61 Å². The van der Waals surface area contributed by atoms with Crippen molar-refractivity contribution in [3.05, 3.63) is 0 Å². The molecule has 0 aliphatic carbocycles. The Hall–Kier alpha value is -0.160. The molecule has 0 aromatic carbocycles. The average Bonchev–Trinajstić information content (AvgIpc) is 2.06. The molecule has 0 spiro atoms. The van der Waals surface area contributed by atoms with Gasteiger partial charge in [0.15, 0.2) is 0 Å². The summed E-state index contributed by atoms with van der Waals surface area (Å²) >= 11 is 0. The fourth-order valence-electron chi connectivity index (χ4n) is 1.19. The molecule has 2 N–H and O–H groups in total. The highest BCUT2D eigenvalue weighted by atomic mass is 16.3. The van der Waals surface area contributed by atoms with Crippen LogP contribution in [-0.4, -0.2) is 53.6 Å². The minimum atomic E-state index is -1.06. The van der Waals surface area contributed by atoms with Crippen LogP contribution in [0.1, 0.15) is 6.92 Å². The lowest BCUT2D eigenvalue weighted by Crippen LogP contribution is -2.55. The van der Waals surface area contributed by atoms with Gasteiger partial charge in [-0.15, -0.1) is 0 Å². The monoisotopic (exact) mass is 159 g/mol. The zero-order chi connectivity index (χ0) is 8.32. The third kappa shape index (κ3) is 2.13. The summed E-state index contributed by atoms with van der Waals surface area (Å²) in [6.45, 7) is 4.42. The lowest BCUT2D eigenvalue weighted by atomic mass is 10.2. The highest BCUT2D eigenvalue weighted by Crippen LogP contribution is 2.10. The van der Waals surface area contributed by atoms with Crippen LogP contribution in [0.5, 0.6) is 0 Å². The maximum absolute atomic E-state index is 9.58. The number of aliphatic hydroxyl groups excluding tert-OH is 1. The first-order valence-electron chi connectivity index (χ1n) is 3.88. The smallest absolute Gasteiger partial charge is 0.139 e. The Morgan fingerprint density at radius 3 is 2.45 bits per heavy atom. The van der Waals surface area contributed by atoms with Gasteiger partial charge in [0, 0.05) is 26.2 Å². The Labute approximate surface area is 66.8 Å². The van der Waals surface area contributed by atoms with Gasteiger partial charge in [-0.1, -0.05) is 0 Å². The van der Waals surface area contributed by atoms with E-state index in [9.17, 15) is 5.11 Å². The van der Waals surface area contributed by atoms with Crippen molar-refractivity contribution in [2.45, 2.75) is 12.6 Å². The Kier molecular flexibility index (Phi) is 2.84. The summed E-state index contributed by atoms with van der Waals surface area (Å²) in [5.74, 6) is 0. The second-order valence-electron chi connectivity index (χ2n) is 3.03. The van der Waals surface area contributed by atoms with Crippen molar-refractivity contribution in [1.82, 2.24) is 10.2 Å².